The molecule has 0 unspecified atom stereocenters. The number of aromatic amines is 1. The van der Waals surface area contributed by atoms with Crippen molar-refractivity contribution < 1.29 is 18.7 Å². The van der Waals surface area contributed by atoms with Crippen LogP contribution in [0.2, 0.25) is 5.04 Å². The molecule has 0 spiro atoms. The van der Waals surface area contributed by atoms with Gasteiger partial charge >= 0.3 is 5.69 Å². The summed E-state index contributed by atoms with van der Waals surface area (Å²) in [6.07, 6.45) is -2.45. The number of benzene rings is 2. The Morgan fingerprint density at radius 1 is 1.06 bits per heavy atom. The van der Waals surface area contributed by atoms with Gasteiger partial charge < -0.3 is 14.3 Å². The number of ether oxygens (including phenoxy) is 1. The summed E-state index contributed by atoms with van der Waals surface area (Å²) in [5.41, 5.74) is -1.03. The van der Waals surface area contributed by atoms with Crippen molar-refractivity contribution in [1.29, 1.82) is 0 Å². The third kappa shape index (κ3) is 4.64. The molecule has 1 saturated heterocycles. The summed E-state index contributed by atoms with van der Waals surface area (Å²) in [4.78, 5) is 26.4. The molecule has 2 aromatic carbocycles. The van der Waals surface area contributed by atoms with E-state index in [2.05, 4.69) is 50.0 Å². The van der Waals surface area contributed by atoms with Crippen LogP contribution >= 0.6 is 0 Å². The number of aromatic nitrogens is 2. The van der Waals surface area contributed by atoms with Gasteiger partial charge in [0.05, 0.1) is 19.3 Å². The van der Waals surface area contributed by atoms with Gasteiger partial charge in [0.1, 0.15) is 0 Å². The van der Waals surface area contributed by atoms with E-state index in [0.29, 0.717) is 0 Å². The van der Waals surface area contributed by atoms with Crippen LogP contribution in [-0.4, -0.2) is 48.5 Å². The van der Waals surface area contributed by atoms with E-state index in [0.717, 1.165) is 14.9 Å². The first-order valence-electron chi connectivity index (χ1n) is 12.1. The minimum atomic E-state index is -2.91. The van der Waals surface area contributed by atoms with Crippen LogP contribution in [-0.2, 0) is 9.16 Å². The molecular formula is C27H33FN2O5Si. The lowest BCUT2D eigenvalue weighted by Crippen LogP contribution is -2.67. The minimum absolute atomic E-state index is 0.0342. The zero-order valence-corrected chi connectivity index (χ0v) is 22.0. The normalized spacial score (nSPS) is 22.6. The second kappa shape index (κ2) is 10.3. The molecule has 4 atom stereocenters. The van der Waals surface area contributed by atoms with Crippen molar-refractivity contribution >= 4 is 18.7 Å². The third-order valence-corrected chi connectivity index (χ3v) is 12.0. The van der Waals surface area contributed by atoms with Gasteiger partial charge in [0.2, 0.25) is 0 Å². The lowest BCUT2D eigenvalue weighted by molar-refractivity contribution is -0.0415. The molecule has 36 heavy (non-hydrogen) atoms. The van der Waals surface area contributed by atoms with E-state index in [1.165, 1.54) is 13.1 Å². The zero-order valence-electron chi connectivity index (χ0n) is 21.0. The summed E-state index contributed by atoms with van der Waals surface area (Å²) >= 11 is 0. The number of halogens is 1. The van der Waals surface area contributed by atoms with Crippen molar-refractivity contribution in [3.05, 3.63) is 93.3 Å². The van der Waals surface area contributed by atoms with Crippen LogP contribution < -0.4 is 21.6 Å². The lowest BCUT2D eigenvalue weighted by Gasteiger charge is -2.43. The van der Waals surface area contributed by atoms with Crippen LogP contribution in [0.4, 0.5) is 4.39 Å². The maximum absolute atomic E-state index is 15.5. The quantitative estimate of drug-likeness (QED) is 0.474. The second-order valence-corrected chi connectivity index (χ2v) is 14.6. The number of nitrogens with zero attached hydrogens (tertiary/aromatic N) is 1. The molecule has 9 heteroatoms. The first kappa shape index (κ1) is 26.2. The highest BCUT2D eigenvalue weighted by Crippen LogP contribution is 2.40. The summed E-state index contributed by atoms with van der Waals surface area (Å²) in [5.74, 6) is -0.896. The minimum Gasteiger partial charge on any atom is -0.405 e. The van der Waals surface area contributed by atoms with Crippen LogP contribution in [0.5, 0.6) is 0 Å². The number of nitrogens with one attached hydrogen (secondary N) is 1. The molecule has 2 heterocycles. The zero-order chi connectivity index (χ0) is 26.1. The predicted molar refractivity (Wildman–Crippen MR) is 139 cm³/mol. The molecule has 2 N–H and O–H groups in total. The van der Waals surface area contributed by atoms with Crippen molar-refractivity contribution in [3.8, 4) is 0 Å². The molecule has 0 amide bonds. The maximum Gasteiger partial charge on any atom is 0.330 e. The molecule has 192 valence electrons. The van der Waals surface area contributed by atoms with E-state index in [1.54, 1.807) is 0 Å². The molecule has 0 aliphatic carbocycles. The van der Waals surface area contributed by atoms with Gasteiger partial charge in [0, 0.05) is 17.7 Å². The molecule has 1 aromatic heterocycles. The van der Waals surface area contributed by atoms with E-state index in [1.807, 2.05) is 36.4 Å². The Labute approximate surface area is 210 Å². The van der Waals surface area contributed by atoms with E-state index < -0.39 is 50.6 Å². The highest BCUT2D eigenvalue weighted by molar-refractivity contribution is 6.99. The fourth-order valence-corrected chi connectivity index (χ4v) is 9.69. The summed E-state index contributed by atoms with van der Waals surface area (Å²) in [7, 11) is -2.91. The van der Waals surface area contributed by atoms with Crippen molar-refractivity contribution in [2.75, 3.05) is 13.2 Å². The number of hydrogen-bond donors (Lipinski definition) is 2. The van der Waals surface area contributed by atoms with Crippen molar-refractivity contribution in [2.45, 2.75) is 51.2 Å². The fraction of sp³-hybridized carbons (Fsp3) is 0.407. The highest BCUT2D eigenvalue weighted by atomic mass is 28.4. The molecule has 0 bridgehead atoms. The number of aliphatic hydroxyl groups is 1. The van der Waals surface area contributed by atoms with Crippen LogP contribution in [0.1, 0.15) is 32.6 Å². The fourth-order valence-electron chi connectivity index (χ4n) is 5.12. The van der Waals surface area contributed by atoms with Crippen molar-refractivity contribution in [2.24, 2.45) is 5.92 Å². The molecule has 0 radical (unpaired) electrons. The van der Waals surface area contributed by atoms with Crippen LogP contribution in [0.3, 0.4) is 0 Å². The standard InChI is InChI=1S/C27H33FN2O5Si/c1-18-15-30(26(33)29-24(18)32)25-23(28)21(16-31)22(35-25)17-34-36(27(2,3)4,19-11-7-5-8-12-19)20-13-9-6-10-14-20/h5-15,21-23,25,31H,16-17H2,1-4H3,(H,29,32,33)/t21-,22-,23-,25-/m1/s1. The molecule has 3 aromatic rings. The highest BCUT2D eigenvalue weighted by Gasteiger charge is 2.52. The number of H-pyrrole nitrogens is 1. The largest absolute Gasteiger partial charge is 0.405 e. The van der Waals surface area contributed by atoms with Crippen molar-refractivity contribution in [1.82, 2.24) is 9.55 Å². The van der Waals surface area contributed by atoms with Gasteiger partial charge in [-0.05, 0) is 22.3 Å². The van der Waals surface area contributed by atoms with Gasteiger partial charge in [-0.2, -0.15) is 0 Å². The van der Waals surface area contributed by atoms with E-state index >= 15 is 4.39 Å². The Bertz CT molecular complexity index is 1250. The summed E-state index contributed by atoms with van der Waals surface area (Å²) in [6.45, 7) is 7.52. The SMILES string of the molecule is Cc1cn([C@@H]2O[C@H](CO[Si](c3ccccc3)(c3ccccc3)C(C)(C)C)[C@@H](CO)[C@H]2F)c(=O)[nH]c1=O. The van der Waals surface area contributed by atoms with Gasteiger partial charge in [0.25, 0.3) is 13.9 Å². The monoisotopic (exact) mass is 512 g/mol. The molecular weight excluding hydrogens is 479 g/mol. The number of aryl methyl sites for hydroxylation is 1. The third-order valence-electron chi connectivity index (χ3n) is 6.98. The van der Waals surface area contributed by atoms with Crippen LogP contribution in [0, 0.1) is 12.8 Å². The molecule has 0 saturated carbocycles. The first-order valence-corrected chi connectivity index (χ1v) is 14.0. The maximum atomic E-state index is 15.5. The van der Waals surface area contributed by atoms with Crippen LogP contribution in [0.25, 0.3) is 0 Å². The van der Waals surface area contributed by atoms with E-state index in [-0.39, 0.29) is 17.2 Å². The lowest BCUT2D eigenvalue weighted by atomic mass is 10.0. The average Bonchev–Trinajstić information content (AvgIpc) is 3.17. The Morgan fingerprint density at radius 3 is 2.11 bits per heavy atom. The topological polar surface area (TPSA) is 93.6 Å². The van der Waals surface area contributed by atoms with Gasteiger partial charge in [-0.3, -0.25) is 14.3 Å². The van der Waals surface area contributed by atoms with Crippen molar-refractivity contribution in [3.63, 3.8) is 0 Å². The Morgan fingerprint density at radius 2 is 1.61 bits per heavy atom. The van der Waals surface area contributed by atoms with Gasteiger partial charge in [0.15, 0.2) is 12.4 Å². The number of aliphatic hydroxyl groups excluding tert-OH is 1. The molecule has 4 rings (SSSR count). The van der Waals surface area contributed by atoms with Gasteiger partial charge in [-0.15, -0.1) is 0 Å². The van der Waals surface area contributed by atoms with Gasteiger partial charge in [-0.25, -0.2) is 9.18 Å². The Hall–Kier alpha value is -2.85. The van der Waals surface area contributed by atoms with E-state index in [9.17, 15) is 14.7 Å². The Balaban J connectivity index is 1.71. The molecule has 1 fully saturated rings. The summed E-state index contributed by atoms with van der Waals surface area (Å²) in [6, 6.07) is 20.1. The number of rotatable bonds is 7. The van der Waals surface area contributed by atoms with E-state index in [4.69, 9.17) is 9.16 Å². The summed E-state index contributed by atoms with van der Waals surface area (Å²) in [5, 5.41) is 11.9. The predicted octanol–water partition coefficient (Wildman–Crippen LogP) is 2.27. The number of hydrogen-bond acceptors (Lipinski definition) is 5. The molecule has 7 nitrogen and oxygen atoms in total. The second-order valence-electron chi connectivity index (χ2n) is 10.3. The smallest absolute Gasteiger partial charge is 0.330 e. The molecule has 1 aliphatic heterocycles. The van der Waals surface area contributed by atoms with Crippen LogP contribution in [0.15, 0.2) is 76.4 Å². The number of alkyl halides is 1. The molecule has 1 aliphatic rings. The summed E-state index contributed by atoms with van der Waals surface area (Å²) < 4.78 is 29.5. The first-order chi connectivity index (χ1) is 17.1. The average molecular weight is 513 g/mol. The van der Waals surface area contributed by atoms with Gasteiger partial charge in [-0.1, -0.05) is 81.4 Å². The Kier molecular flexibility index (Phi) is 7.47.